The maximum Gasteiger partial charge on any atom is 0.248 e. The molecule has 1 saturated heterocycles. The number of halogens is 2. The molecule has 4 rings (SSSR count). The summed E-state index contributed by atoms with van der Waals surface area (Å²) in [6.45, 7) is 6.37. The number of fused-ring (bicyclic) bond motifs is 1. The summed E-state index contributed by atoms with van der Waals surface area (Å²) in [6.07, 6.45) is -1.46. The smallest absolute Gasteiger partial charge is 0.248 e. The highest BCUT2D eigenvalue weighted by Gasteiger charge is 2.31. The first-order valence-corrected chi connectivity index (χ1v) is 12.7. The van der Waals surface area contributed by atoms with E-state index in [1.165, 1.54) is 30.5 Å². The Hall–Kier alpha value is -2.96. The fourth-order valence-electron chi connectivity index (χ4n) is 4.09. The van der Waals surface area contributed by atoms with Crippen molar-refractivity contribution in [2.75, 3.05) is 38.6 Å². The highest BCUT2D eigenvalue weighted by atomic mass is 32.2. The molecule has 1 aromatic carbocycles. The highest BCUT2D eigenvalue weighted by Crippen LogP contribution is 2.33. The number of benzene rings is 1. The number of nitrogens with one attached hydrogen (secondary N) is 2. The number of piperazine rings is 1. The Balaban J connectivity index is 1.80. The largest absolute Gasteiger partial charge is 0.480 e. The number of hydrogen-bond acceptors (Lipinski definition) is 8. The van der Waals surface area contributed by atoms with E-state index >= 15 is 0 Å². The first-order valence-electron chi connectivity index (χ1n) is 11.3. The average molecular weight is 507 g/mol. The van der Waals surface area contributed by atoms with Crippen LogP contribution in [0.3, 0.4) is 0 Å². The molecule has 35 heavy (non-hydrogen) atoms. The lowest BCUT2D eigenvalue weighted by Gasteiger charge is -2.27. The molecule has 12 heteroatoms. The molecule has 2 aromatic heterocycles. The average Bonchev–Trinajstić information content (AvgIpc) is 2.83. The van der Waals surface area contributed by atoms with E-state index in [4.69, 9.17) is 4.74 Å². The number of alkyl halides is 1. The summed E-state index contributed by atoms with van der Waals surface area (Å²) in [7, 11) is -2.56. The molecule has 1 aliphatic rings. The number of aryl methyl sites for hydroxylation is 1. The van der Waals surface area contributed by atoms with Crippen molar-refractivity contribution in [2.24, 2.45) is 0 Å². The topological polar surface area (TPSA) is 109 Å². The van der Waals surface area contributed by atoms with Crippen molar-refractivity contribution < 1.29 is 21.9 Å². The van der Waals surface area contributed by atoms with Crippen LogP contribution in [0, 0.1) is 12.7 Å². The van der Waals surface area contributed by atoms with Gasteiger partial charge in [0.2, 0.25) is 15.9 Å². The highest BCUT2D eigenvalue weighted by molar-refractivity contribution is 7.89. The Labute approximate surface area is 203 Å². The minimum absolute atomic E-state index is 0.0318. The summed E-state index contributed by atoms with van der Waals surface area (Å²) in [5, 5.41) is 6.60. The molecule has 9 nitrogen and oxygen atoms in total. The summed E-state index contributed by atoms with van der Waals surface area (Å²) < 4.78 is 62.3. The van der Waals surface area contributed by atoms with E-state index in [-0.39, 0.29) is 33.4 Å². The van der Waals surface area contributed by atoms with E-state index in [0.29, 0.717) is 37.4 Å². The van der Waals surface area contributed by atoms with Crippen LogP contribution in [0.25, 0.3) is 11.0 Å². The van der Waals surface area contributed by atoms with Gasteiger partial charge in [0.1, 0.15) is 28.5 Å². The van der Waals surface area contributed by atoms with Crippen molar-refractivity contribution in [3.8, 4) is 5.88 Å². The van der Waals surface area contributed by atoms with E-state index < -0.39 is 28.1 Å². The normalized spacial score (nSPS) is 16.7. The molecule has 188 valence electrons. The summed E-state index contributed by atoms with van der Waals surface area (Å²) in [5.74, 6) is -0.0424. The van der Waals surface area contributed by atoms with Gasteiger partial charge in [-0.15, -0.1) is 0 Å². The second-order valence-corrected chi connectivity index (χ2v) is 10.3. The molecule has 1 aliphatic heterocycles. The van der Waals surface area contributed by atoms with Crippen molar-refractivity contribution >= 4 is 26.9 Å². The molecule has 0 spiro atoms. The van der Waals surface area contributed by atoms with Crippen LogP contribution in [0.1, 0.15) is 43.0 Å². The first-order chi connectivity index (χ1) is 16.6. The van der Waals surface area contributed by atoms with Gasteiger partial charge >= 0.3 is 0 Å². The van der Waals surface area contributed by atoms with Crippen LogP contribution >= 0.6 is 0 Å². The minimum atomic E-state index is -3.90. The number of methoxy groups -OCH3 is 1. The number of hydrogen-bond donors (Lipinski definition) is 2. The number of sulfonamides is 1. The quantitative estimate of drug-likeness (QED) is 0.503. The van der Waals surface area contributed by atoms with Gasteiger partial charge in [0.05, 0.1) is 18.5 Å². The van der Waals surface area contributed by atoms with Crippen LogP contribution < -0.4 is 15.4 Å². The predicted octanol–water partition coefficient (Wildman–Crippen LogP) is 3.28. The summed E-state index contributed by atoms with van der Waals surface area (Å²) in [4.78, 5) is 13.0. The number of anilines is 1. The molecular formula is C23H28F2N6O3S. The third-order valence-electron chi connectivity index (χ3n) is 5.92. The second kappa shape index (κ2) is 9.96. The zero-order valence-electron chi connectivity index (χ0n) is 20.0. The fourth-order valence-corrected chi connectivity index (χ4v) is 5.64. The number of nitrogens with zero attached hydrogens (tertiary/aromatic N) is 4. The monoisotopic (exact) mass is 506 g/mol. The van der Waals surface area contributed by atoms with Gasteiger partial charge in [-0.05, 0) is 26.8 Å². The molecule has 0 saturated carbocycles. The van der Waals surface area contributed by atoms with Gasteiger partial charge in [-0.1, -0.05) is 18.2 Å². The minimum Gasteiger partial charge on any atom is -0.480 e. The molecule has 2 atom stereocenters. The SMILES string of the molecule is COc1nc2nc(C)nc(N[C@H](C)c3cccc(C(C)F)c3F)c2cc1S(=O)(=O)N1CCNCC1. The lowest BCUT2D eigenvalue weighted by atomic mass is 10.0. The fraction of sp³-hybridized carbons (Fsp3) is 0.435. The number of pyridine rings is 1. The van der Waals surface area contributed by atoms with Crippen LogP contribution in [0.5, 0.6) is 5.88 Å². The summed E-state index contributed by atoms with van der Waals surface area (Å²) in [5.41, 5.74) is 0.456. The van der Waals surface area contributed by atoms with Crippen molar-refractivity contribution in [3.05, 3.63) is 47.0 Å². The molecule has 0 radical (unpaired) electrons. The maximum absolute atomic E-state index is 15.0. The van der Waals surface area contributed by atoms with Crippen LogP contribution in [0.2, 0.25) is 0 Å². The van der Waals surface area contributed by atoms with Gasteiger partial charge < -0.3 is 15.4 Å². The zero-order chi connectivity index (χ0) is 25.3. The predicted molar refractivity (Wildman–Crippen MR) is 128 cm³/mol. The van der Waals surface area contributed by atoms with E-state index in [2.05, 4.69) is 25.6 Å². The van der Waals surface area contributed by atoms with E-state index in [0.717, 1.165) is 0 Å². The Kier molecular flexibility index (Phi) is 7.15. The lowest BCUT2D eigenvalue weighted by molar-refractivity contribution is 0.352. The third kappa shape index (κ3) is 4.91. The van der Waals surface area contributed by atoms with Gasteiger partial charge in [-0.2, -0.15) is 9.29 Å². The number of aromatic nitrogens is 3. The van der Waals surface area contributed by atoms with Gasteiger partial charge in [0.25, 0.3) is 0 Å². The number of ether oxygens (including phenoxy) is 1. The Morgan fingerprint density at radius 3 is 2.49 bits per heavy atom. The van der Waals surface area contributed by atoms with E-state index in [9.17, 15) is 17.2 Å². The van der Waals surface area contributed by atoms with Crippen molar-refractivity contribution in [1.82, 2.24) is 24.6 Å². The van der Waals surface area contributed by atoms with Gasteiger partial charge in [0.15, 0.2) is 5.65 Å². The Morgan fingerprint density at radius 1 is 1.14 bits per heavy atom. The molecule has 3 heterocycles. The van der Waals surface area contributed by atoms with Gasteiger partial charge in [-0.25, -0.2) is 27.2 Å². The molecule has 2 N–H and O–H groups in total. The third-order valence-corrected chi connectivity index (χ3v) is 7.82. The molecule has 0 aliphatic carbocycles. The van der Waals surface area contributed by atoms with Crippen molar-refractivity contribution in [2.45, 2.75) is 37.9 Å². The molecule has 0 amide bonds. The van der Waals surface area contributed by atoms with Crippen LogP contribution in [0.15, 0.2) is 29.2 Å². The summed E-state index contributed by atoms with van der Waals surface area (Å²) in [6, 6.07) is 5.39. The Bertz CT molecular complexity index is 1350. The van der Waals surface area contributed by atoms with Crippen LogP contribution in [-0.4, -0.2) is 61.0 Å². The molecule has 3 aromatic rings. The van der Waals surface area contributed by atoms with Crippen LogP contribution in [0.4, 0.5) is 14.6 Å². The van der Waals surface area contributed by atoms with E-state index in [1.807, 2.05) is 0 Å². The summed E-state index contributed by atoms with van der Waals surface area (Å²) >= 11 is 0. The molecule has 1 unspecified atom stereocenters. The second-order valence-electron chi connectivity index (χ2n) is 8.37. The number of rotatable bonds is 7. The van der Waals surface area contributed by atoms with Crippen molar-refractivity contribution in [1.29, 1.82) is 0 Å². The maximum atomic E-state index is 15.0. The van der Waals surface area contributed by atoms with E-state index in [1.54, 1.807) is 26.0 Å². The molecule has 0 bridgehead atoms. The van der Waals surface area contributed by atoms with Gasteiger partial charge in [0, 0.05) is 37.3 Å². The Morgan fingerprint density at radius 2 is 1.83 bits per heavy atom. The zero-order valence-corrected chi connectivity index (χ0v) is 20.8. The molecule has 1 fully saturated rings. The van der Waals surface area contributed by atoms with Gasteiger partial charge in [-0.3, -0.25) is 0 Å². The lowest BCUT2D eigenvalue weighted by Crippen LogP contribution is -2.46. The standard InChI is InChI=1S/C23H28F2N6O3S/c1-13(24)16-6-5-7-17(20(16)25)14(2)27-21-18-12-19(35(32,33)31-10-8-26-9-11-31)23(34-4)30-22(18)29-15(3)28-21/h5-7,12-14,26H,8-11H2,1-4H3,(H,27,28,29,30)/t13?,14-/m1/s1. The first kappa shape index (κ1) is 25.1. The molecular weight excluding hydrogens is 478 g/mol. The van der Waals surface area contributed by atoms with Crippen LogP contribution in [-0.2, 0) is 10.0 Å². The van der Waals surface area contributed by atoms with Crippen molar-refractivity contribution in [3.63, 3.8) is 0 Å².